The Morgan fingerprint density at radius 2 is 1.17 bits per heavy atom. The molecule has 1 aromatic heterocycles. The van der Waals surface area contributed by atoms with Gasteiger partial charge >= 0.3 is 0 Å². The normalized spacial score (nSPS) is 24.6. The number of sulfone groups is 1. The predicted molar refractivity (Wildman–Crippen MR) is 243 cm³/mol. The lowest BCUT2D eigenvalue weighted by Crippen LogP contribution is -2.49. The highest BCUT2D eigenvalue weighted by Crippen LogP contribution is 2.72. The maximum absolute atomic E-state index is 15.1. The van der Waals surface area contributed by atoms with E-state index in [0.717, 1.165) is 40.3 Å². The van der Waals surface area contributed by atoms with E-state index >= 15 is 8.42 Å². The van der Waals surface area contributed by atoms with E-state index in [2.05, 4.69) is 163 Å². The van der Waals surface area contributed by atoms with Crippen molar-refractivity contribution in [3.8, 4) is 16.8 Å². The molecular weight excluding hydrogens is 753 g/mol. The van der Waals surface area contributed by atoms with Crippen molar-refractivity contribution < 1.29 is 8.42 Å². The molecule has 5 aliphatic rings. The topological polar surface area (TPSA) is 42.3 Å². The van der Waals surface area contributed by atoms with Crippen LogP contribution in [0.3, 0.4) is 0 Å². The summed E-state index contributed by atoms with van der Waals surface area (Å²) in [5.74, 6) is 2.28. The van der Waals surface area contributed by atoms with Crippen LogP contribution in [0.5, 0.6) is 0 Å². The summed E-state index contributed by atoms with van der Waals surface area (Å²) in [4.78, 5) is 3.31. The first-order chi connectivity index (χ1) is 29.3. The van der Waals surface area contributed by atoms with E-state index in [1.807, 2.05) is 18.2 Å². The van der Waals surface area contributed by atoms with Gasteiger partial charge in [-0.2, -0.15) is 0 Å². The maximum atomic E-state index is 15.1. The van der Waals surface area contributed by atoms with Gasteiger partial charge in [0.2, 0.25) is 9.84 Å². The molecule has 60 heavy (non-hydrogen) atoms. The molecule has 4 nitrogen and oxygen atoms in total. The maximum Gasteiger partial charge on any atom is 0.207 e. The molecule has 2 heterocycles. The van der Waals surface area contributed by atoms with Crippen LogP contribution in [0.2, 0.25) is 0 Å². The first-order valence-electron chi connectivity index (χ1n) is 21.9. The van der Waals surface area contributed by atoms with Crippen LogP contribution in [-0.2, 0) is 20.7 Å². The summed E-state index contributed by atoms with van der Waals surface area (Å²) in [6.07, 6.45) is 6.16. The highest BCUT2D eigenvalue weighted by Gasteiger charge is 2.67. The van der Waals surface area contributed by atoms with Gasteiger partial charge in [0.25, 0.3) is 0 Å². The second-order valence-corrected chi connectivity index (χ2v) is 20.7. The van der Waals surface area contributed by atoms with Crippen molar-refractivity contribution in [3.63, 3.8) is 0 Å². The monoisotopic (exact) mass is 798 g/mol. The summed E-state index contributed by atoms with van der Waals surface area (Å²) in [6, 6.07) is 56.2. The van der Waals surface area contributed by atoms with Gasteiger partial charge in [0.15, 0.2) is 0 Å². The summed E-state index contributed by atoms with van der Waals surface area (Å²) in [5, 5.41) is 2.46. The molecule has 13 rings (SSSR count). The first-order valence-corrected chi connectivity index (χ1v) is 23.4. The molecule has 4 aliphatic carbocycles. The predicted octanol–water partition coefficient (Wildman–Crippen LogP) is 13.4. The summed E-state index contributed by atoms with van der Waals surface area (Å²) >= 11 is 0. The Morgan fingerprint density at radius 3 is 1.95 bits per heavy atom. The number of rotatable bonds is 4. The molecule has 3 unspecified atom stereocenters. The van der Waals surface area contributed by atoms with Crippen LogP contribution in [0.4, 0.5) is 17.1 Å². The molecule has 1 aliphatic heterocycles. The number of hydrogen-bond acceptors (Lipinski definition) is 3. The Labute approximate surface area is 352 Å². The highest BCUT2D eigenvalue weighted by atomic mass is 32.2. The van der Waals surface area contributed by atoms with E-state index in [-0.39, 0.29) is 10.8 Å². The Balaban J connectivity index is 1.02. The minimum Gasteiger partial charge on any atom is -0.310 e. The minimum absolute atomic E-state index is 0.192. The number of aromatic nitrogens is 1. The second kappa shape index (κ2) is 12.1. The van der Waals surface area contributed by atoms with Gasteiger partial charge in [0.05, 0.1) is 20.8 Å². The van der Waals surface area contributed by atoms with Crippen LogP contribution in [-0.4, -0.2) is 13.0 Å². The highest BCUT2D eigenvalue weighted by molar-refractivity contribution is 7.91. The van der Waals surface area contributed by atoms with Crippen LogP contribution in [0, 0.1) is 23.7 Å². The molecule has 0 N–H and O–H groups in total. The molecule has 2 bridgehead atoms. The molecule has 1 spiro atoms. The largest absolute Gasteiger partial charge is 0.310 e. The lowest BCUT2D eigenvalue weighted by atomic mass is 9.53. The van der Waals surface area contributed by atoms with Crippen LogP contribution in [0.15, 0.2) is 168 Å². The lowest BCUT2D eigenvalue weighted by molar-refractivity contribution is 0.0576. The van der Waals surface area contributed by atoms with Crippen LogP contribution < -0.4 is 4.90 Å². The van der Waals surface area contributed by atoms with Gasteiger partial charge < -0.3 is 9.47 Å². The van der Waals surface area contributed by atoms with Gasteiger partial charge in [-0.05, 0) is 143 Å². The van der Waals surface area contributed by atoms with Crippen molar-refractivity contribution in [2.24, 2.45) is 23.7 Å². The Bertz CT molecular complexity index is 3180. The zero-order valence-electron chi connectivity index (χ0n) is 34.0. The standard InChI is InChI=1S/C55H46N2O2S/c1-54(2)45-17-6-3-14-41(45)42-28-26-39(32-48(42)54)56(37-22-24-38(25-23-37)57-49-19-8-4-15-43(49)44-16-5-9-20-50(44)57)40-27-29-47-52(33-40)60(58,59)51-21-10-7-18-46(51)55(47)36-13-11-12-34-30-35(31-36)53(34)55/h3-10,14-29,32-36,53H,11-13,30-31H2,1-2H3/t34-,35?,36+,53?,55?/m1/s1. The minimum atomic E-state index is -3.80. The summed E-state index contributed by atoms with van der Waals surface area (Å²) in [7, 11) is -3.80. The van der Waals surface area contributed by atoms with Crippen molar-refractivity contribution in [1.29, 1.82) is 0 Å². The van der Waals surface area contributed by atoms with Gasteiger partial charge in [-0.25, -0.2) is 8.42 Å². The summed E-state index contributed by atoms with van der Waals surface area (Å²) in [5.41, 5.74) is 13.1. The summed E-state index contributed by atoms with van der Waals surface area (Å²) < 4.78 is 32.6. The van der Waals surface area contributed by atoms with Gasteiger partial charge in [0.1, 0.15) is 0 Å². The molecule has 3 saturated carbocycles. The molecule has 8 aromatic rings. The van der Waals surface area contributed by atoms with Crippen molar-refractivity contribution in [2.45, 2.75) is 66.6 Å². The van der Waals surface area contributed by atoms with Crippen LogP contribution in [0.25, 0.3) is 38.6 Å². The van der Waals surface area contributed by atoms with Gasteiger partial charge in [-0.1, -0.05) is 118 Å². The van der Waals surface area contributed by atoms with E-state index in [0.29, 0.717) is 33.5 Å². The van der Waals surface area contributed by atoms with Gasteiger partial charge in [0, 0.05) is 44.4 Å². The SMILES string of the molecule is CC1(C)c2ccccc2-c2ccc(N(c3ccc(-n4c5ccccc5c5ccccc54)cc3)c3ccc4c(c3)S(=O)(=O)c3ccccc3C43C4C5C[C@H]4CCC[C@H]3C5)cc21. The first kappa shape index (κ1) is 34.9. The fourth-order valence-corrected chi connectivity index (χ4v) is 15.3. The number of para-hydroxylation sites is 2. The molecule has 0 saturated heterocycles. The average Bonchev–Trinajstić information content (AvgIpc) is 3.77. The average molecular weight is 799 g/mol. The second-order valence-electron chi connectivity index (χ2n) is 18.8. The van der Waals surface area contributed by atoms with E-state index in [4.69, 9.17) is 0 Å². The zero-order valence-corrected chi connectivity index (χ0v) is 34.8. The molecule has 0 radical (unpaired) electrons. The lowest BCUT2D eigenvalue weighted by Gasteiger charge is -2.52. The van der Waals surface area contributed by atoms with Crippen molar-refractivity contribution in [1.82, 2.24) is 4.57 Å². The van der Waals surface area contributed by atoms with Crippen LogP contribution in [0.1, 0.15) is 68.2 Å². The van der Waals surface area contributed by atoms with Gasteiger partial charge in [-0.15, -0.1) is 0 Å². The van der Waals surface area contributed by atoms with Crippen LogP contribution >= 0.6 is 0 Å². The molecule has 294 valence electrons. The molecule has 3 fully saturated rings. The third-order valence-electron chi connectivity index (χ3n) is 15.9. The Hall–Kier alpha value is -5.91. The van der Waals surface area contributed by atoms with E-state index in [1.54, 1.807) is 0 Å². The van der Waals surface area contributed by atoms with Crippen molar-refractivity contribution in [3.05, 3.63) is 180 Å². The molecular formula is C55H46N2O2S. The van der Waals surface area contributed by atoms with Crippen molar-refractivity contribution >= 4 is 48.7 Å². The molecule has 7 aromatic carbocycles. The fourth-order valence-electron chi connectivity index (χ4n) is 13.5. The quantitative estimate of drug-likeness (QED) is 0.178. The molecule has 5 heteroatoms. The molecule has 5 atom stereocenters. The van der Waals surface area contributed by atoms with E-state index < -0.39 is 9.84 Å². The fraction of sp³-hybridized carbons (Fsp3) is 0.236. The number of fused-ring (bicyclic) bond motifs is 8. The van der Waals surface area contributed by atoms with E-state index in [9.17, 15) is 0 Å². The third kappa shape index (κ3) is 4.38. The van der Waals surface area contributed by atoms with E-state index in [1.165, 1.54) is 69.7 Å². The molecule has 0 amide bonds. The van der Waals surface area contributed by atoms with Gasteiger partial charge in [-0.3, -0.25) is 0 Å². The number of hydrogen-bond donors (Lipinski definition) is 0. The van der Waals surface area contributed by atoms with Crippen molar-refractivity contribution in [2.75, 3.05) is 4.90 Å². The zero-order chi connectivity index (χ0) is 40.1. The summed E-state index contributed by atoms with van der Waals surface area (Å²) in [6.45, 7) is 4.64. The third-order valence-corrected chi connectivity index (χ3v) is 17.7. The Kier molecular flexibility index (Phi) is 7.04. The smallest absolute Gasteiger partial charge is 0.207 e. The number of nitrogens with zero attached hydrogens (tertiary/aromatic N) is 2. The Morgan fingerprint density at radius 1 is 0.550 bits per heavy atom. The number of benzene rings is 7. The number of anilines is 3.